The van der Waals surface area contributed by atoms with Gasteiger partial charge in [0, 0.05) is 6.42 Å². The van der Waals surface area contributed by atoms with Crippen LogP contribution in [-0.4, -0.2) is 34.7 Å². The van der Waals surface area contributed by atoms with Gasteiger partial charge in [-0.15, -0.1) is 0 Å². The maximum Gasteiger partial charge on any atom is 0.410 e. The molecule has 1 amide bonds. The van der Waals surface area contributed by atoms with Crippen molar-refractivity contribution < 1.29 is 23.8 Å². The van der Waals surface area contributed by atoms with Crippen molar-refractivity contribution in [2.75, 3.05) is 6.61 Å². The van der Waals surface area contributed by atoms with Crippen molar-refractivity contribution in [1.29, 1.82) is 0 Å². The van der Waals surface area contributed by atoms with Crippen LogP contribution in [0.25, 0.3) is 0 Å². The maximum absolute atomic E-state index is 11.4. The summed E-state index contributed by atoms with van der Waals surface area (Å²) in [5.74, 6) is -0.492. The fraction of sp³-hybridized carbons (Fsp3) is 0.400. The summed E-state index contributed by atoms with van der Waals surface area (Å²) >= 11 is 0. The smallest absolute Gasteiger partial charge is 0.410 e. The second-order valence-corrected chi connectivity index (χ2v) is 3.46. The zero-order valence-corrected chi connectivity index (χ0v) is 8.46. The van der Waals surface area contributed by atoms with Crippen LogP contribution in [0.5, 0.6) is 0 Å². The zero-order valence-electron chi connectivity index (χ0n) is 8.46. The number of cyclic esters (lactones) is 1. The van der Waals surface area contributed by atoms with E-state index in [1.54, 1.807) is 12.1 Å². The molecule has 1 atom stereocenters. The molecule has 1 aromatic rings. The van der Waals surface area contributed by atoms with Gasteiger partial charge in [-0.1, -0.05) is 0 Å². The molecule has 1 fully saturated rings. The van der Waals surface area contributed by atoms with E-state index >= 15 is 0 Å². The van der Waals surface area contributed by atoms with Gasteiger partial charge in [0.2, 0.25) is 0 Å². The molecule has 0 bridgehead atoms. The van der Waals surface area contributed by atoms with Gasteiger partial charge in [-0.25, -0.2) is 9.59 Å². The largest absolute Gasteiger partial charge is 0.480 e. The van der Waals surface area contributed by atoms with Crippen LogP contribution in [0.4, 0.5) is 4.79 Å². The van der Waals surface area contributed by atoms with Crippen molar-refractivity contribution >= 4 is 12.1 Å². The van der Waals surface area contributed by atoms with E-state index in [-0.39, 0.29) is 13.2 Å². The van der Waals surface area contributed by atoms with E-state index in [2.05, 4.69) is 0 Å². The van der Waals surface area contributed by atoms with Crippen molar-refractivity contribution in [1.82, 2.24) is 4.90 Å². The number of hydrogen-bond donors (Lipinski definition) is 1. The second-order valence-electron chi connectivity index (χ2n) is 3.46. The third-order valence-electron chi connectivity index (χ3n) is 2.42. The van der Waals surface area contributed by atoms with Gasteiger partial charge in [0.05, 0.1) is 19.4 Å². The summed E-state index contributed by atoms with van der Waals surface area (Å²) in [6.45, 7) is 0.257. The van der Waals surface area contributed by atoms with Gasteiger partial charge in [-0.2, -0.15) is 0 Å². The number of aliphatic carboxylic acids is 1. The minimum Gasteiger partial charge on any atom is -0.480 e. The van der Waals surface area contributed by atoms with Gasteiger partial charge < -0.3 is 14.3 Å². The lowest BCUT2D eigenvalue weighted by molar-refractivity contribution is -0.145. The third-order valence-corrected chi connectivity index (χ3v) is 2.42. The Hall–Kier alpha value is -1.98. The van der Waals surface area contributed by atoms with E-state index in [0.29, 0.717) is 12.2 Å². The molecule has 1 N–H and O–H groups in total. The average Bonchev–Trinajstić information content (AvgIpc) is 2.73. The number of carboxylic acid groups (broad SMARTS) is 1. The number of hydrogen-bond acceptors (Lipinski definition) is 4. The number of amides is 1. The lowest BCUT2D eigenvalue weighted by Gasteiger charge is -2.31. The molecule has 2 rings (SSSR count). The predicted octanol–water partition coefficient (Wildman–Crippen LogP) is 1.08. The first-order valence-corrected chi connectivity index (χ1v) is 4.87. The van der Waals surface area contributed by atoms with Gasteiger partial charge in [-0.05, 0) is 12.1 Å². The van der Waals surface area contributed by atoms with E-state index in [9.17, 15) is 9.59 Å². The van der Waals surface area contributed by atoms with Gasteiger partial charge in [-0.3, -0.25) is 4.90 Å². The molecule has 0 saturated carbocycles. The Morgan fingerprint density at radius 2 is 2.44 bits per heavy atom. The molecular weight excluding hydrogens is 214 g/mol. The summed E-state index contributed by atoms with van der Waals surface area (Å²) in [5, 5.41) is 8.98. The van der Waals surface area contributed by atoms with E-state index in [4.69, 9.17) is 14.3 Å². The first kappa shape index (κ1) is 10.5. The number of rotatable bonds is 3. The van der Waals surface area contributed by atoms with Crippen LogP contribution in [0.1, 0.15) is 12.2 Å². The third kappa shape index (κ3) is 2.00. The highest BCUT2D eigenvalue weighted by molar-refractivity contribution is 5.80. The Morgan fingerprint density at radius 3 is 3.06 bits per heavy atom. The fourth-order valence-electron chi connectivity index (χ4n) is 1.63. The number of carboxylic acids is 1. The molecule has 0 spiro atoms. The summed E-state index contributed by atoms with van der Waals surface area (Å²) in [7, 11) is 0. The molecule has 1 aliphatic heterocycles. The van der Waals surface area contributed by atoms with E-state index in [1.807, 2.05) is 0 Å². The highest BCUT2D eigenvalue weighted by Crippen LogP contribution is 2.17. The molecule has 0 aliphatic carbocycles. The van der Waals surface area contributed by atoms with Crippen molar-refractivity contribution in [2.45, 2.75) is 19.0 Å². The van der Waals surface area contributed by atoms with Crippen LogP contribution in [0, 0.1) is 0 Å². The average molecular weight is 225 g/mol. The Kier molecular flexibility index (Phi) is 2.80. The minimum absolute atomic E-state index is 0.114. The molecule has 1 aromatic heterocycles. The zero-order chi connectivity index (χ0) is 11.5. The molecule has 6 nitrogen and oxygen atoms in total. The molecule has 16 heavy (non-hydrogen) atoms. The van der Waals surface area contributed by atoms with Crippen LogP contribution in [-0.2, 0) is 16.1 Å². The Bertz CT molecular complexity index is 386. The quantitative estimate of drug-likeness (QED) is 0.832. The first-order valence-electron chi connectivity index (χ1n) is 4.87. The highest BCUT2D eigenvalue weighted by Gasteiger charge is 2.35. The minimum atomic E-state index is -1.02. The molecule has 1 aliphatic rings. The number of nitrogens with zero attached hydrogens (tertiary/aromatic N) is 1. The summed E-state index contributed by atoms with van der Waals surface area (Å²) < 4.78 is 9.87. The number of furan rings is 1. The summed E-state index contributed by atoms with van der Waals surface area (Å²) in [6, 6.07) is 2.52. The molecular formula is C10H11NO5. The van der Waals surface area contributed by atoms with Crippen molar-refractivity contribution in [3.63, 3.8) is 0 Å². The molecule has 2 heterocycles. The van der Waals surface area contributed by atoms with Crippen LogP contribution in [0.15, 0.2) is 22.8 Å². The van der Waals surface area contributed by atoms with Crippen LogP contribution >= 0.6 is 0 Å². The van der Waals surface area contributed by atoms with Gasteiger partial charge >= 0.3 is 12.1 Å². The van der Waals surface area contributed by atoms with E-state index < -0.39 is 18.1 Å². The number of ether oxygens (including phenoxy) is 1. The number of carbonyl (C=O) groups excluding carboxylic acids is 1. The van der Waals surface area contributed by atoms with Crippen LogP contribution in [0.3, 0.4) is 0 Å². The second kappa shape index (κ2) is 4.26. The molecule has 6 heteroatoms. The summed E-state index contributed by atoms with van der Waals surface area (Å²) in [4.78, 5) is 23.6. The Morgan fingerprint density at radius 1 is 1.62 bits per heavy atom. The Labute approximate surface area is 91.4 Å². The van der Waals surface area contributed by atoms with Crippen LogP contribution < -0.4 is 0 Å². The summed E-state index contributed by atoms with van der Waals surface area (Å²) in [5.41, 5.74) is 0. The predicted molar refractivity (Wildman–Crippen MR) is 51.6 cm³/mol. The maximum atomic E-state index is 11.4. The molecule has 1 saturated heterocycles. The SMILES string of the molecule is O=C(O)C1CCOC(=O)N1Cc1ccco1. The van der Waals surface area contributed by atoms with Gasteiger partial charge in [0.1, 0.15) is 11.8 Å². The van der Waals surface area contributed by atoms with Crippen LogP contribution in [0.2, 0.25) is 0 Å². The molecule has 86 valence electrons. The highest BCUT2D eigenvalue weighted by atomic mass is 16.6. The molecule has 0 aromatic carbocycles. The van der Waals surface area contributed by atoms with Gasteiger partial charge in [0.25, 0.3) is 0 Å². The molecule has 1 unspecified atom stereocenters. The lowest BCUT2D eigenvalue weighted by Crippen LogP contribution is -2.49. The summed E-state index contributed by atoms with van der Waals surface area (Å²) in [6.07, 6.45) is 1.15. The monoisotopic (exact) mass is 225 g/mol. The normalized spacial score (nSPS) is 20.6. The van der Waals surface area contributed by atoms with Gasteiger partial charge in [0.15, 0.2) is 0 Å². The van der Waals surface area contributed by atoms with E-state index in [0.717, 1.165) is 4.90 Å². The van der Waals surface area contributed by atoms with Crippen molar-refractivity contribution in [3.05, 3.63) is 24.2 Å². The van der Waals surface area contributed by atoms with Crippen molar-refractivity contribution in [3.8, 4) is 0 Å². The lowest BCUT2D eigenvalue weighted by atomic mass is 10.1. The Balaban J connectivity index is 2.13. The van der Waals surface area contributed by atoms with Crippen molar-refractivity contribution in [2.24, 2.45) is 0 Å². The number of carbonyl (C=O) groups is 2. The molecule has 0 radical (unpaired) electrons. The van der Waals surface area contributed by atoms with E-state index in [1.165, 1.54) is 6.26 Å². The topological polar surface area (TPSA) is 80.0 Å². The standard InChI is InChI=1S/C10H11NO5/c12-9(13)8-3-5-16-10(14)11(8)6-7-2-1-4-15-7/h1-2,4,8H,3,5-6H2,(H,12,13). The first-order chi connectivity index (χ1) is 7.68. The fourth-order valence-corrected chi connectivity index (χ4v) is 1.63.